The molecule has 0 bridgehead atoms. The van der Waals surface area contributed by atoms with Crippen molar-refractivity contribution in [2.75, 3.05) is 6.54 Å². The van der Waals surface area contributed by atoms with Crippen molar-refractivity contribution in [3.8, 4) is 6.07 Å². The second kappa shape index (κ2) is 11.0. The van der Waals surface area contributed by atoms with E-state index < -0.39 is 11.0 Å². The van der Waals surface area contributed by atoms with E-state index in [1.165, 1.54) is 0 Å². The largest absolute Gasteiger partial charge is 1.00 e. The van der Waals surface area contributed by atoms with E-state index in [9.17, 15) is 25.2 Å². The van der Waals surface area contributed by atoms with Gasteiger partial charge >= 0.3 is 51.4 Å². The molecule has 37 heavy (non-hydrogen) atoms. The van der Waals surface area contributed by atoms with Crippen LogP contribution in [0, 0.1) is 62.4 Å². The molecule has 9 unspecified atom stereocenters. The van der Waals surface area contributed by atoms with E-state index in [0.717, 1.165) is 44.1 Å². The van der Waals surface area contributed by atoms with Crippen molar-refractivity contribution < 1.29 is 66.1 Å². The second-order valence-electron chi connectivity index (χ2n) is 12.7. The molecule has 0 aliphatic heterocycles. The van der Waals surface area contributed by atoms with Crippen molar-refractivity contribution in [2.45, 2.75) is 92.1 Å². The fourth-order valence-corrected chi connectivity index (χ4v) is 9.32. The molecule has 0 radical (unpaired) electrons. The van der Waals surface area contributed by atoms with Crippen molar-refractivity contribution in [1.82, 2.24) is 5.48 Å². The minimum atomic E-state index is -1.44. The number of aliphatic hydroxyl groups is 1. The van der Waals surface area contributed by atoms with Gasteiger partial charge in [-0.15, -0.1) is 0 Å². The van der Waals surface area contributed by atoms with E-state index >= 15 is 0 Å². The number of hydroxylamine groups is 1. The summed E-state index contributed by atoms with van der Waals surface area (Å²) in [5, 5.41) is 33.2. The van der Waals surface area contributed by atoms with Crippen molar-refractivity contribution in [1.29, 1.82) is 5.26 Å². The molecule has 0 aromatic heterocycles. The average molecular weight is 535 g/mol. The summed E-state index contributed by atoms with van der Waals surface area (Å²) in [5.74, 6) is -0.726. The molecule has 198 valence electrons. The molecule has 2 N–H and O–H groups in total. The van der Waals surface area contributed by atoms with Crippen LogP contribution >= 0.6 is 0 Å². The fourth-order valence-electron chi connectivity index (χ4n) is 9.32. The summed E-state index contributed by atoms with van der Waals surface area (Å²) in [6.45, 7) is 12.8. The first-order chi connectivity index (χ1) is 17.0. The third-order valence-electron chi connectivity index (χ3n) is 11.2. The molecule has 5 rings (SSSR count). The zero-order valence-electron chi connectivity index (χ0n) is 23.8. The maximum atomic E-state index is 14.0. The van der Waals surface area contributed by atoms with Crippen LogP contribution in [-0.4, -0.2) is 28.8 Å². The number of hydrogen-bond acceptors (Lipinski definition) is 6. The summed E-state index contributed by atoms with van der Waals surface area (Å²) < 4.78 is 0. The number of hydrogen-bond donors (Lipinski definition) is 2. The molecule has 3 fully saturated rings. The Hall–Kier alpha value is -0.174. The number of Topliss-reactive ketones (excluding diaryl/α,β-unsaturated/α-hetero) is 1. The third kappa shape index (κ3) is 4.46. The minimum absolute atomic E-state index is 0. The standard InChI is InChI=1S/C28H37N2O4.C2H6.K/c1-16-19-6-10-26(3)20-7-9-25(2)8-5-17(15-30-34)11-21(25)28(20,33)23(31)12-22(26)27(19,4)13-18(14-29)24(16)32;1-2;/h12-13,16-17,19-21,30,33H,5-11,15H2,1-4H3;1-2H3;/q-1;;+1. The molecular formula is C30H43KN2O4. The molecule has 0 aromatic rings. The number of ketones is 2. The van der Waals surface area contributed by atoms with Gasteiger partial charge in [0.15, 0.2) is 11.6 Å². The Bertz CT molecular complexity index is 1050. The molecule has 3 saturated carbocycles. The molecule has 0 aromatic carbocycles. The Labute approximate surface area is 265 Å². The first-order valence-electron chi connectivity index (χ1n) is 14.0. The number of carbonyl (C=O) groups is 2. The Balaban J connectivity index is 0.00000124. The van der Waals surface area contributed by atoms with Crippen LogP contribution in [0.5, 0.6) is 0 Å². The Morgan fingerprint density at radius 1 is 1.11 bits per heavy atom. The van der Waals surface area contributed by atoms with Crippen molar-refractivity contribution >= 4 is 11.6 Å². The second-order valence-corrected chi connectivity index (χ2v) is 12.7. The Morgan fingerprint density at radius 2 is 1.76 bits per heavy atom. The molecule has 7 heteroatoms. The number of allylic oxidation sites excluding steroid dienone is 3. The topological polar surface area (TPSA) is 113 Å². The van der Waals surface area contributed by atoms with Crippen LogP contribution < -0.4 is 56.9 Å². The summed E-state index contributed by atoms with van der Waals surface area (Å²) in [4.78, 5) is 26.7. The SMILES string of the molecule is CC.CC1C(=O)C(C#N)=CC2(C)C3=CC(=O)C4(O)C5CC(CN[O-])CCC5(C)CCC4C3(C)CCC12.[K+]. The smallest absolute Gasteiger partial charge is 0.788 e. The van der Waals surface area contributed by atoms with Crippen molar-refractivity contribution in [2.24, 2.45) is 45.8 Å². The minimum Gasteiger partial charge on any atom is -0.788 e. The number of nitrogens with one attached hydrogen (secondary N) is 1. The number of carbonyl (C=O) groups excluding carboxylic acids is 2. The van der Waals surface area contributed by atoms with E-state index in [0.29, 0.717) is 13.0 Å². The molecule has 6 nitrogen and oxygen atoms in total. The summed E-state index contributed by atoms with van der Waals surface area (Å²) in [6, 6.07) is 2.10. The van der Waals surface area contributed by atoms with Gasteiger partial charge in [-0.05, 0) is 80.2 Å². The van der Waals surface area contributed by atoms with Gasteiger partial charge in [0.25, 0.3) is 0 Å². The van der Waals surface area contributed by atoms with E-state index in [-0.39, 0.29) is 109 Å². The van der Waals surface area contributed by atoms with Gasteiger partial charge in [-0.25, -0.2) is 0 Å². The normalized spacial score (nSPS) is 46.2. The van der Waals surface area contributed by atoms with Gasteiger partial charge < -0.3 is 15.8 Å². The van der Waals surface area contributed by atoms with E-state index in [2.05, 4.69) is 32.3 Å². The predicted molar refractivity (Wildman–Crippen MR) is 139 cm³/mol. The average Bonchev–Trinajstić information content (AvgIpc) is 2.85. The molecule has 0 heterocycles. The fraction of sp³-hybridized carbons (Fsp3) is 0.767. The number of rotatable bonds is 2. The number of fused-ring (bicyclic) bond motifs is 7. The Morgan fingerprint density at radius 3 is 2.38 bits per heavy atom. The van der Waals surface area contributed by atoms with Gasteiger partial charge in [-0.1, -0.05) is 53.2 Å². The van der Waals surface area contributed by atoms with Crippen LogP contribution in [0.4, 0.5) is 0 Å². The number of nitriles is 1. The molecular weight excluding hydrogens is 491 g/mol. The third-order valence-corrected chi connectivity index (χ3v) is 11.2. The molecule has 0 spiro atoms. The molecule has 0 amide bonds. The maximum absolute atomic E-state index is 14.0. The summed E-state index contributed by atoms with van der Waals surface area (Å²) in [5.41, 5.74) is 0.780. The van der Waals surface area contributed by atoms with Gasteiger partial charge in [0.05, 0.1) is 5.57 Å². The molecule has 9 atom stereocenters. The number of nitrogens with zero attached hydrogens (tertiary/aromatic N) is 1. The quantitative estimate of drug-likeness (QED) is 0.415. The van der Waals surface area contributed by atoms with Gasteiger partial charge in [0, 0.05) is 23.2 Å². The Kier molecular flexibility index (Phi) is 9.33. The molecule has 5 aliphatic rings. The van der Waals surface area contributed by atoms with E-state index in [4.69, 9.17) is 0 Å². The first-order valence-corrected chi connectivity index (χ1v) is 14.0. The monoisotopic (exact) mass is 534 g/mol. The predicted octanol–water partition coefficient (Wildman–Crippen LogP) is 2.27. The van der Waals surface area contributed by atoms with Crippen LogP contribution in [0.15, 0.2) is 23.3 Å². The van der Waals surface area contributed by atoms with Crippen LogP contribution in [0.2, 0.25) is 0 Å². The van der Waals surface area contributed by atoms with Gasteiger partial charge in [-0.2, -0.15) is 5.26 Å². The van der Waals surface area contributed by atoms with Crippen molar-refractivity contribution in [3.63, 3.8) is 0 Å². The zero-order valence-corrected chi connectivity index (χ0v) is 26.9. The summed E-state index contributed by atoms with van der Waals surface area (Å²) >= 11 is 0. The van der Waals surface area contributed by atoms with Crippen LogP contribution in [-0.2, 0) is 9.59 Å². The van der Waals surface area contributed by atoms with Gasteiger partial charge in [0.2, 0.25) is 0 Å². The maximum Gasteiger partial charge on any atom is 1.00 e. The van der Waals surface area contributed by atoms with Crippen LogP contribution in [0.3, 0.4) is 0 Å². The van der Waals surface area contributed by atoms with Crippen LogP contribution in [0.25, 0.3) is 0 Å². The van der Waals surface area contributed by atoms with Crippen LogP contribution in [0.1, 0.15) is 86.5 Å². The van der Waals surface area contributed by atoms with E-state index in [1.807, 2.05) is 26.8 Å². The van der Waals surface area contributed by atoms with Gasteiger partial charge in [0.1, 0.15) is 11.7 Å². The van der Waals surface area contributed by atoms with Crippen molar-refractivity contribution in [3.05, 3.63) is 28.5 Å². The first kappa shape index (κ1) is 31.4. The zero-order chi connectivity index (χ0) is 26.7. The van der Waals surface area contributed by atoms with Gasteiger partial charge in [-0.3, -0.25) is 9.59 Å². The summed E-state index contributed by atoms with van der Waals surface area (Å²) in [6.07, 6.45) is 9.50. The molecule has 5 aliphatic carbocycles. The van der Waals surface area contributed by atoms with E-state index in [1.54, 1.807) is 6.08 Å². The molecule has 0 saturated heterocycles. The summed E-state index contributed by atoms with van der Waals surface area (Å²) in [7, 11) is 0.